The Morgan fingerprint density at radius 3 is 2.50 bits per heavy atom. The summed E-state index contributed by atoms with van der Waals surface area (Å²) >= 11 is 9.25. The molecule has 0 saturated carbocycles. The molecule has 0 aliphatic rings. The molecule has 9 heteroatoms. The molecular weight excluding hydrogens is 464 g/mol. The molecule has 1 aromatic heterocycles. The third-order valence-corrected chi connectivity index (χ3v) is 6.94. The average Bonchev–Trinajstić information content (AvgIpc) is 3.21. The van der Waals surface area contributed by atoms with Gasteiger partial charge in [-0.25, -0.2) is 0 Å². The van der Waals surface area contributed by atoms with Gasteiger partial charge in [0, 0.05) is 16.6 Å². The first kappa shape index (κ1) is 24.5. The third kappa shape index (κ3) is 6.43. The maximum absolute atomic E-state index is 12.5. The van der Waals surface area contributed by atoms with Crippen LogP contribution in [0.15, 0.2) is 58.6 Å². The molecule has 0 radical (unpaired) electrons. The first-order chi connectivity index (χ1) is 15.5. The van der Waals surface area contributed by atoms with Crippen molar-refractivity contribution in [2.45, 2.75) is 49.4 Å². The summed E-state index contributed by atoms with van der Waals surface area (Å²) < 4.78 is 7.98. The number of thioether (sulfide) groups is 2. The number of amides is 1. The van der Waals surface area contributed by atoms with Gasteiger partial charge in [-0.05, 0) is 55.5 Å². The third-order valence-electron chi connectivity index (χ3n) is 4.94. The van der Waals surface area contributed by atoms with Crippen LogP contribution in [0.3, 0.4) is 0 Å². The van der Waals surface area contributed by atoms with E-state index in [0.717, 1.165) is 23.4 Å². The zero-order valence-corrected chi connectivity index (χ0v) is 20.8. The highest BCUT2D eigenvalue weighted by Crippen LogP contribution is 2.28. The Bertz CT molecular complexity index is 1020. The number of benzene rings is 2. The minimum Gasteiger partial charge on any atom is -0.484 e. The lowest BCUT2D eigenvalue weighted by Crippen LogP contribution is -2.17. The fraction of sp³-hybridized carbons (Fsp3) is 0.348. The van der Waals surface area contributed by atoms with Crippen molar-refractivity contribution in [1.29, 1.82) is 0 Å². The fourth-order valence-electron chi connectivity index (χ4n) is 3.23. The molecule has 6 nitrogen and oxygen atoms in total. The van der Waals surface area contributed by atoms with Crippen LogP contribution in [-0.4, -0.2) is 32.7 Å². The van der Waals surface area contributed by atoms with Crippen LogP contribution in [0.1, 0.15) is 38.6 Å². The Morgan fingerprint density at radius 1 is 1.12 bits per heavy atom. The number of nitrogens with one attached hydrogen (secondary N) is 1. The van der Waals surface area contributed by atoms with Gasteiger partial charge in [0.15, 0.2) is 11.0 Å². The van der Waals surface area contributed by atoms with Gasteiger partial charge in [0.1, 0.15) is 12.4 Å². The molecule has 0 unspecified atom stereocenters. The van der Waals surface area contributed by atoms with E-state index in [4.69, 9.17) is 16.3 Å². The van der Waals surface area contributed by atoms with Crippen LogP contribution in [0, 0.1) is 0 Å². The number of hydrogen-bond donors (Lipinski definition) is 1. The van der Waals surface area contributed by atoms with Crippen molar-refractivity contribution in [3.05, 3.63) is 59.4 Å². The zero-order chi connectivity index (χ0) is 22.9. The summed E-state index contributed by atoms with van der Waals surface area (Å²) in [6, 6.07) is 15.4. The van der Waals surface area contributed by atoms with Crippen molar-refractivity contribution in [2.75, 3.05) is 17.3 Å². The second-order valence-corrected chi connectivity index (χ2v) is 9.25. The van der Waals surface area contributed by atoms with Crippen molar-refractivity contribution >= 4 is 46.7 Å². The Morgan fingerprint density at radius 2 is 1.84 bits per heavy atom. The van der Waals surface area contributed by atoms with Crippen LogP contribution in [0.2, 0.25) is 5.02 Å². The second-order valence-electron chi connectivity index (χ2n) is 7.02. The Labute approximate surface area is 202 Å². The smallest absolute Gasteiger partial charge is 0.234 e. The molecule has 0 fully saturated rings. The van der Waals surface area contributed by atoms with E-state index >= 15 is 0 Å². The summed E-state index contributed by atoms with van der Waals surface area (Å²) in [4.78, 5) is 13.6. The van der Waals surface area contributed by atoms with Crippen LogP contribution in [0.4, 0.5) is 5.69 Å². The lowest BCUT2D eigenvalue weighted by molar-refractivity contribution is -0.113. The van der Waals surface area contributed by atoms with Gasteiger partial charge in [-0.3, -0.25) is 4.79 Å². The van der Waals surface area contributed by atoms with Crippen molar-refractivity contribution in [3.8, 4) is 5.75 Å². The lowest BCUT2D eigenvalue weighted by Gasteiger charge is -2.19. The predicted molar refractivity (Wildman–Crippen MR) is 133 cm³/mol. The molecule has 170 valence electrons. The highest BCUT2D eigenvalue weighted by Gasteiger charge is 2.20. The molecule has 0 bridgehead atoms. The maximum atomic E-state index is 12.5. The number of carbonyl (C=O) groups is 1. The fourth-order valence-corrected chi connectivity index (χ4v) is 4.65. The van der Waals surface area contributed by atoms with E-state index in [-0.39, 0.29) is 24.3 Å². The Hall–Kier alpha value is -2.16. The Balaban J connectivity index is 1.68. The van der Waals surface area contributed by atoms with E-state index < -0.39 is 0 Å². The van der Waals surface area contributed by atoms with Crippen molar-refractivity contribution < 1.29 is 9.53 Å². The van der Waals surface area contributed by atoms with Gasteiger partial charge in [0.05, 0.1) is 10.8 Å². The molecule has 0 aliphatic carbocycles. The molecule has 0 aliphatic heterocycles. The minimum absolute atomic E-state index is 0.0835. The minimum atomic E-state index is -0.0835. The van der Waals surface area contributed by atoms with Crippen LogP contribution in [-0.2, 0) is 11.4 Å². The first-order valence-corrected chi connectivity index (χ1v) is 13.0. The second kappa shape index (κ2) is 12.2. The molecule has 32 heavy (non-hydrogen) atoms. The number of nitrogens with zero attached hydrogens (tertiary/aromatic N) is 3. The van der Waals surface area contributed by atoms with Crippen LogP contribution >= 0.6 is 35.1 Å². The molecule has 1 N–H and O–H groups in total. The van der Waals surface area contributed by atoms with Gasteiger partial charge in [-0.2, -0.15) is 0 Å². The number of ether oxygens (including phenoxy) is 1. The normalized spacial score (nSPS) is 11.0. The van der Waals surface area contributed by atoms with Gasteiger partial charge >= 0.3 is 0 Å². The molecule has 2 aromatic carbocycles. The van der Waals surface area contributed by atoms with Crippen LogP contribution < -0.4 is 10.1 Å². The van der Waals surface area contributed by atoms with Crippen LogP contribution in [0.25, 0.3) is 0 Å². The number of halogens is 1. The Kier molecular flexibility index (Phi) is 9.32. The topological polar surface area (TPSA) is 69.0 Å². The molecule has 3 aromatic rings. The average molecular weight is 491 g/mol. The predicted octanol–water partition coefficient (Wildman–Crippen LogP) is 6.32. The monoisotopic (exact) mass is 490 g/mol. The van der Waals surface area contributed by atoms with E-state index in [1.165, 1.54) is 11.8 Å². The number of anilines is 1. The van der Waals surface area contributed by atoms with Gasteiger partial charge in [0.2, 0.25) is 5.91 Å². The number of hydrogen-bond acceptors (Lipinski definition) is 6. The molecular formula is C23H27ClN4O2S2. The van der Waals surface area contributed by atoms with Gasteiger partial charge in [0.25, 0.3) is 0 Å². The van der Waals surface area contributed by atoms with E-state index in [9.17, 15) is 4.79 Å². The van der Waals surface area contributed by atoms with Crippen LogP contribution in [0.5, 0.6) is 5.75 Å². The van der Waals surface area contributed by atoms with Gasteiger partial charge < -0.3 is 14.6 Å². The van der Waals surface area contributed by atoms with Gasteiger partial charge in [-0.1, -0.05) is 49.3 Å². The molecule has 0 atom stereocenters. The summed E-state index contributed by atoms with van der Waals surface area (Å²) in [5.41, 5.74) is 0.781. The molecule has 3 rings (SSSR count). The summed E-state index contributed by atoms with van der Waals surface area (Å²) in [6.45, 7) is 4.51. The van der Waals surface area contributed by atoms with E-state index in [1.807, 2.05) is 48.7 Å². The summed E-state index contributed by atoms with van der Waals surface area (Å²) in [5.74, 6) is 1.48. The van der Waals surface area contributed by atoms with Gasteiger partial charge in [-0.15, -0.1) is 22.0 Å². The van der Waals surface area contributed by atoms with E-state index in [2.05, 4.69) is 33.9 Å². The molecule has 0 saturated heterocycles. The number of rotatable bonds is 11. The summed E-state index contributed by atoms with van der Waals surface area (Å²) in [5, 5.41) is 12.9. The largest absolute Gasteiger partial charge is 0.484 e. The standard InChI is InChI=1S/C23H27ClN4O2S2/c1-4-17(5-2)28-21(14-30-20-9-7-6-8-19(20)24)26-27-23(28)32-15-22(29)25-16-10-12-18(31-3)13-11-16/h6-13,17H,4-5,14-15H2,1-3H3,(H,25,29). The van der Waals surface area contributed by atoms with E-state index in [1.54, 1.807) is 17.8 Å². The highest BCUT2D eigenvalue weighted by molar-refractivity contribution is 7.99. The molecule has 0 spiro atoms. The SMILES string of the molecule is CCC(CC)n1c(COc2ccccc2Cl)nnc1SCC(=O)Nc1ccc(SC)cc1. The molecule has 1 heterocycles. The first-order valence-electron chi connectivity index (χ1n) is 10.4. The maximum Gasteiger partial charge on any atom is 0.234 e. The summed E-state index contributed by atoms with van der Waals surface area (Å²) in [6.07, 6.45) is 3.87. The highest BCUT2D eigenvalue weighted by atomic mass is 35.5. The van der Waals surface area contributed by atoms with Crippen molar-refractivity contribution in [1.82, 2.24) is 14.8 Å². The number of aromatic nitrogens is 3. The number of carbonyl (C=O) groups excluding carboxylic acids is 1. The van der Waals surface area contributed by atoms with Crippen molar-refractivity contribution in [2.24, 2.45) is 0 Å². The lowest BCUT2D eigenvalue weighted by atomic mass is 10.2. The van der Waals surface area contributed by atoms with Crippen molar-refractivity contribution in [3.63, 3.8) is 0 Å². The quantitative estimate of drug-likeness (QED) is 0.317. The zero-order valence-electron chi connectivity index (χ0n) is 18.4. The molecule has 1 amide bonds. The number of para-hydroxylation sites is 1. The van der Waals surface area contributed by atoms with E-state index in [0.29, 0.717) is 21.8 Å². The summed E-state index contributed by atoms with van der Waals surface area (Å²) in [7, 11) is 0.